The van der Waals surface area contributed by atoms with Crippen LogP contribution in [0.5, 0.6) is 5.75 Å². The summed E-state index contributed by atoms with van der Waals surface area (Å²) >= 11 is 0. The number of benzene rings is 1. The molecule has 3 rings (SSSR count). The molecule has 0 radical (unpaired) electrons. The third-order valence-electron chi connectivity index (χ3n) is 2.82. The molecule has 0 spiro atoms. The molecule has 2 heterocycles. The van der Waals surface area contributed by atoms with Gasteiger partial charge in [0.2, 0.25) is 0 Å². The van der Waals surface area contributed by atoms with Gasteiger partial charge in [0, 0.05) is 11.8 Å². The third kappa shape index (κ3) is 2.06. The summed E-state index contributed by atoms with van der Waals surface area (Å²) in [6, 6.07) is 10.8. The Kier molecular flexibility index (Phi) is 2.72. The summed E-state index contributed by atoms with van der Waals surface area (Å²) in [4.78, 5) is 23.2. The number of rotatable bonds is 2. The number of fused-ring (bicyclic) bond motifs is 1. The molecule has 2 aromatic heterocycles. The zero-order valence-corrected chi connectivity index (χ0v) is 10.3. The van der Waals surface area contributed by atoms with Gasteiger partial charge in [-0.1, -0.05) is 12.1 Å². The van der Waals surface area contributed by atoms with E-state index in [1.165, 1.54) is 0 Å². The second-order valence-electron chi connectivity index (χ2n) is 4.02. The van der Waals surface area contributed by atoms with Crippen LogP contribution in [-0.4, -0.2) is 22.1 Å². The van der Waals surface area contributed by atoms with Crippen molar-refractivity contribution in [3.63, 3.8) is 0 Å². The van der Waals surface area contributed by atoms with Crippen molar-refractivity contribution in [2.45, 2.75) is 0 Å². The number of pyridine rings is 1. The van der Waals surface area contributed by atoms with Gasteiger partial charge in [-0.05, 0) is 24.3 Å². The molecule has 0 amide bonds. The Morgan fingerprint density at radius 1 is 1.21 bits per heavy atom. The first-order chi connectivity index (χ1) is 9.28. The molecule has 0 bridgehead atoms. The van der Waals surface area contributed by atoms with Gasteiger partial charge in [0.15, 0.2) is 5.65 Å². The predicted molar refractivity (Wildman–Crippen MR) is 72.1 cm³/mol. The van der Waals surface area contributed by atoms with Crippen LogP contribution >= 0.6 is 0 Å². The topological polar surface area (TPSA) is 67.9 Å². The highest BCUT2D eigenvalue weighted by Gasteiger charge is 2.06. The summed E-state index contributed by atoms with van der Waals surface area (Å²) in [6.45, 7) is 0. The number of nitrogens with zero attached hydrogens (tertiary/aromatic N) is 2. The van der Waals surface area contributed by atoms with Gasteiger partial charge in [0.25, 0.3) is 5.56 Å². The van der Waals surface area contributed by atoms with E-state index in [2.05, 4.69) is 15.0 Å². The molecule has 0 saturated carbocycles. The van der Waals surface area contributed by atoms with E-state index >= 15 is 0 Å². The van der Waals surface area contributed by atoms with Crippen LogP contribution in [0.15, 0.2) is 47.4 Å². The minimum absolute atomic E-state index is 0.198. The lowest BCUT2D eigenvalue weighted by Crippen LogP contribution is -2.10. The van der Waals surface area contributed by atoms with Crippen LogP contribution < -0.4 is 10.3 Å². The number of nitrogens with one attached hydrogen (secondary N) is 1. The van der Waals surface area contributed by atoms with E-state index in [4.69, 9.17) is 4.74 Å². The number of aromatic nitrogens is 3. The number of hydrogen-bond acceptors (Lipinski definition) is 4. The van der Waals surface area contributed by atoms with Crippen molar-refractivity contribution >= 4 is 11.0 Å². The Labute approximate surface area is 108 Å². The van der Waals surface area contributed by atoms with Crippen molar-refractivity contribution in [3.05, 3.63) is 52.9 Å². The molecule has 19 heavy (non-hydrogen) atoms. The van der Waals surface area contributed by atoms with Crippen molar-refractivity contribution in [2.75, 3.05) is 7.11 Å². The molecule has 94 valence electrons. The molecule has 1 aromatic carbocycles. The summed E-state index contributed by atoms with van der Waals surface area (Å²) in [6.07, 6.45) is 1.62. The number of H-pyrrole nitrogens is 1. The molecule has 5 nitrogen and oxygen atoms in total. The van der Waals surface area contributed by atoms with Crippen LogP contribution in [0, 0.1) is 0 Å². The van der Waals surface area contributed by atoms with Gasteiger partial charge in [-0.3, -0.25) is 4.79 Å². The molecule has 0 atom stereocenters. The molecule has 0 unspecified atom stereocenters. The molecule has 0 aliphatic rings. The Morgan fingerprint density at radius 2 is 2.11 bits per heavy atom. The monoisotopic (exact) mass is 253 g/mol. The van der Waals surface area contributed by atoms with E-state index < -0.39 is 0 Å². The van der Waals surface area contributed by atoms with E-state index in [9.17, 15) is 4.79 Å². The summed E-state index contributed by atoms with van der Waals surface area (Å²) in [5, 5.41) is 0.481. The normalized spacial score (nSPS) is 10.6. The number of methoxy groups -OCH3 is 1. The van der Waals surface area contributed by atoms with Gasteiger partial charge in [0.05, 0.1) is 12.5 Å². The van der Waals surface area contributed by atoms with Crippen LogP contribution in [0.2, 0.25) is 0 Å². The molecule has 0 aliphatic carbocycles. The Hall–Kier alpha value is -2.69. The van der Waals surface area contributed by atoms with Gasteiger partial charge < -0.3 is 9.72 Å². The SMILES string of the molecule is COc1cccc(-c2nc3ncccc3c(=O)[nH]2)c1. The van der Waals surface area contributed by atoms with E-state index in [1.807, 2.05) is 24.3 Å². The van der Waals surface area contributed by atoms with E-state index in [0.29, 0.717) is 22.6 Å². The summed E-state index contributed by atoms with van der Waals surface area (Å²) in [5.41, 5.74) is 1.02. The van der Waals surface area contributed by atoms with Gasteiger partial charge >= 0.3 is 0 Å². The average Bonchev–Trinajstić information content (AvgIpc) is 2.47. The zero-order valence-electron chi connectivity index (χ0n) is 10.3. The number of ether oxygens (including phenoxy) is 1. The van der Waals surface area contributed by atoms with Crippen LogP contribution in [0.25, 0.3) is 22.4 Å². The lowest BCUT2D eigenvalue weighted by Gasteiger charge is -2.04. The van der Waals surface area contributed by atoms with Gasteiger partial charge in [-0.25, -0.2) is 9.97 Å². The van der Waals surface area contributed by atoms with Crippen molar-refractivity contribution in [1.82, 2.24) is 15.0 Å². The molecule has 1 N–H and O–H groups in total. The molecule has 0 aliphatic heterocycles. The van der Waals surface area contributed by atoms with Crippen molar-refractivity contribution in [2.24, 2.45) is 0 Å². The van der Waals surface area contributed by atoms with E-state index in [-0.39, 0.29) is 5.56 Å². The lowest BCUT2D eigenvalue weighted by molar-refractivity contribution is 0.415. The van der Waals surface area contributed by atoms with Crippen molar-refractivity contribution in [3.8, 4) is 17.1 Å². The van der Waals surface area contributed by atoms with Gasteiger partial charge in [0.1, 0.15) is 11.6 Å². The largest absolute Gasteiger partial charge is 0.497 e. The second kappa shape index (κ2) is 4.53. The Bertz CT molecular complexity index is 796. The van der Waals surface area contributed by atoms with Crippen LogP contribution in [-0.2, 0) is 0 Å². The number of hydrogen-bond donors (Lipinski definition) is 1. The highest BCUT2D eigenvalue weighted by Crippen LogP contribution is 2.20. The first-order valence-corrected chi connectivity index (χ1v) is 5.77. The van der Waals surface area contributed by atoms with Crippen molar-refractivity contribution in [1.29, 1.82) is 0 Å². The fourth-order valence-electron chi connectivity index (χ4n) is 1.88. The zero-order chi connectivity index (χ0) is 13.2. The fourth-order valence-corrected chi connectivity index (χ4v) is 1.88. The highest BCUT2D eigenvalue weighted by molar-refractivity contribution is 5.75. The first-order valence-electron chi connectivity index (χ1n) is 5.77. The maximum Gasteiger partial charge on any atom is 0.260 e. The minimum Gasteiger partial charge on any atom is -0.497 e. The maximum absolute atomic E-state index is 12.0. The molecule has 3 aromatic rings. The van der Waals surface area contributed by atoms with E-state index in [0.717, 1.165) is 5.56 Å². The maximum atomic E-state index is 12.0. The van der Waals surface area contributed by atoms with Gasteiger partial charge in [-0.2, -0.15) is 0 Å². The van der Waals surface area contributed by atoms with E-state index in [1.54, 1.807) is 25.4 Å². The highest BCUT2D eigenvalue weighted by atomic mass is 16.5. The summed E-state index contributed by atoms with van der Waals surface area (Å²) < 4.78 is 5.16. The van der Waals surface area contributed by atoms with Crippen LogP contribution in [0.1, 0.15) is 0 Å². The standard InChI is InChI=1S/C14H11N3O2/c1-19-10-5-2-4-9(8-10)12-16-13-11(14(18)17-12)6-3-7-15-13/h2-8H,1H3,(H,15,16,17,18). The van der Waals surface area contributed by atoms with Crippen LogP contribution in [0.3, 0.4) is 0 Å². The van der Waals surface area contributed by atoms with Crippen molar-refractivity contribution < 1.29 is 4.74 Å². The summed E-state index contributed by atoms with van der Waals surface area (Å²) in [7, 11) is 1.59. The van der Waals surface area contributed by atoms with Crippen LogP contribution in [0.4, 0.5) is 0 Å². The molecular formula is C14H11N3O2. The Balaban J connectivity index is 2.22. The molecular weight excluding hydrogens is 242 g/mol. The molecule has 5 heteroatoms. The predicted octanol–water partition coefficient (Wildman–Crippen LogP) is 1.99. The number of aromatic amines is 1. The lowest BCUT2D eigenvalue weighted by atomic mass is 10.2. The summed E-state index contributed by atoms with van der Waals surface area (Å²) in [5.74, 6) is 1.19. The smallest absolute Gasteiger partial charge is 0.260 e. The molecule has 0 fully saturated rings. The molecule has 0 saturated heterocycles. The fraction of sp³-hybridized carbons (Fsp3) is 0.0714. The minimum atomic E-state index is -0.198. The third-order valence-corrected chi connectivity index (χ3v) is 2.82. The second-order valence-corrected chi connectivity index (χ2v) is 4.02. The average molecular weight is 253 g/mol. The first kappa shape index (κ1) is 11.4. The van der Waals surface area contributed by atoms with Gasteiger partial charge in [-0.15, -0.1) is 0 Å². The Morgan fingerprint density at radius 3 is 2.95 bits per heavy atom. The quantitative estimate of drug-likeness (QED) is 0.758.